The lowest BCUT2D eigenvalue weighted by Gasteiger charge is -2.37. The van der Waals surface area contributed by atoms with E-state index in [-0.39, 0.29) is 89.1 Å². The van der Waals surface area contributed by atoms with Crippen LogP contribution in [0, 0.1) is 21.7 Å². The second-order valence-corrected chi connectivity index (χ2v) is 29.4. The summed E-state index contributed by atoms with van der Waals surface area (Å²) in [6, 6.07) is 0. The summed E-state index contributed by atoms with van der Waals surface area (Å²) >= 11 is 0. The SMILES string of the molecule is C.C.C.C.C.C.C.C.C=C(C)C(=O)OCCCC.C=C(C)C(=O)[Si](C)(C)C.CCCCOC(=O)C(C)(CC)CC(C)(C)C(=O)O.CCCCOC(=O)C(C)(CC)CC(C)(C)C(=O)[Si](C)(C)C. The topological polar surface area (TPSA) is 150 Å². The van der Waals surface area contributed by atoms with Crippen molar-refractivity contribution in [3.8, 4) is 0 Å². The van der Waals surface area contributed by atoms with Crippen LogP contribution in [0.5, 0.6) is 0 Å². The van der Waals surface area contributed by atoms with Gasteiger partial charge in [0.25, 0.3) is 0 Å². The van der Waals surface area contributed by atoms with Crippen molar-refractivity contribution in [3.05, 3.63) is 24.3 Å². The smallest absolute Gasteiger partial charge is 0.333 e. The highest BCUT2D eigenvalue weighted by atomic mass is 28.3. The molecule has 0 heterocycles. The molecule has 0 saturated carbocycles. The van der Waals surface area contributed by atoms with E-state index in [1.165, 1.54) is 0 Å². The zero-order valence-electron chi connectivity index (χ0n) is 40.7. The molecule has 0 fully saturated rings. The Kier molecular flexibility index (Phi) is 61.3. The Hall–Kier alpha value is -2.87. The maximum absolute atomic E-state index is 12.7. The van der Waals surface area contributed by atoms with Gasteiger partial charge in [0.1, 0.15) is 27.0 Å². The van der Waals surface area contributed by atoms with E-state index in [0.29, 0.717) is 55.6 Å². The van der Waals surface area contributed by atoms with Gasteiger partial charge in [-0.05, 0) is 92.1 Å². The first kappa shape index (κ1) is 93.2. The van der Waals surface area contributed by atoms with Crippen LogP contribution in [0.1, 0.15) is 214 Å². The predicted molar refractivity (Wildman–Crippen MR) is 299 cm³/mol. The van der Waals surface area contributed by atoms with Gasteiger partial charge in [0.15, 0.2) is 0 Å². The summed E-state index contributed by atoms with van der Waals surface area (Å²) in [5.74, 6) is -1.61. The van der Waals surface area contributed by atoms with Gasteiger partial charge in [-0.15, -0.1) is 0 Å². The molecule has 0 aliphatic rings. The molecule has 0 bridgehead atoms. The Morgan fingerprint density at radius 2 is 0.773 bits per heavy atom. The minimum atomic E-state index is -1.87. The molecule has 12 heteroatoms. The second kappa shape index (κ2) is 43.4. The fourth-order valence-electron chi connectivity index (χ4n) is 5.84. The average molecular weight is 986 g/mol. The van der Waals surface area contributed by atoms with Gasteiger partial charge >= 0.3 is 23.9 Å². The van der Waals surface area contributed by atoms with E-state index in [9.17, 15) is 28.8 Å². The van der Waals surface area contributed by atoms with Crippen LogP contribution in [0.4, 0.5) is 0 Å². The quantitative estimate of drug-likeness (QED) is 0.0344. The number of aliphatic carboxylic acids is 1. The molecule has 0 aliphatic heterocycles. The first-order chi connectivity index (χ1) is 26.1. The van der Waals surface area contributed by atoms with E-state index in [1.54, 1.807) is 34.6 Å². The van der Waals surface area contributed by atoms with Gasteiger partial charge in [-0.25, -0.2) is 4.79 Å². The van der Waals surface area contributed by atoms with E-state index in [2.05, 4.69) is 46.6 Å². The number of carbonyl (C=O) groups excluding carboxylic acids is 5. The Labute approximate surface area is 416 Å². The molecule has 0 aromatic rings. The second-order valence-electron chi connectivity index (χ2n) is 19.4. The molecule has 66 heavy (non-hydrogen) atoms. The molecule has 0 aliphatic carbocycles. The van der Waals surface area contributed by atoms with Crippen molar-refractivity contribution in [3.63, 3.8) is 0 Å². The van der Waals surface area contributed by atoms with Gasteiger partial charge in [-0.2, -0.15) is 0 Å². The number of hydrogen-bond acceptors (Lipinski definition) is 9. The summed E-state index contributed by atoms with van der Waals surface area (Å²) < 4.78 is 15.4. The largest absolute Gasteiger partial charge is 0.481 e. The number of carboxylic acids is 1. The molecule has 1 N–H and O–H groups in total. The molecule has 10 nitrogen and oxygen atoms in total. The summed E-state index contributed by atoms with van der Waals surface area (Å²) in [7, 11) is -3.43. The number of hydrogen-bond donors (Lipinski definition) is 1. The van der Waals surface area contributed by atoms with Gasteiger partial charge in [0.2, 0.25) is 0 Å². The highest BCUT2D eigenvalue weighted by molar-refractivity contribution is 7.05. The minimum Gasteiger partial charge on any atom is -0.481 e. The van der Waals surface area contributed by atoms with E-state index in [4.69, 9.17) is 19.3 Å². The van der Waals surface area contributed by atoms with E-state index >= 15 is 0 Å². The van der Waals surface area contributed by atoms with E-state index in [1.807, 2.05) is 61.2 Å². The molecule has 0 rings (SSSR count). The monoisotopic (exact) mass is 985 g/mol. The van der Waals surface area contributed by atoms with Crippen molar-refractivity contribution < 1.29 is 48.1 Å². The first-order valence-electron chi connectivity index (χ1n) is 21.3. The van der Waals surface area contributed by atoms with Crippen LogP contribution in [-0.4, -0.2) is 75.8 Å². The van der Waals surface area contributed by atoms with Crippen molar-refractivity contribution in [1.29, 1.82) is 0 Å². The normalized spacial score (nSPS) is 11.9. The summed E-state index contributed by atoms with van der Waals surface area (Å²) in [4.78, 5) is 70.1. The van der Waals surface area contributed by atoms with Crippen LogP contribution in [0.2, 0.25) is 39.3 Å². The molecule has 0 aromatic heterocycles. The third-order valence-corrected chi connectivity index (χ3v) is 13.5. The number of unbranched alkanes of at least 4 members (excludes halogenated alkanes) is 3. The molecule has 404 valence electrons. The fraction of sp³-hybridized carbons (Fsp3) is 0.815. The van der Waals surface area contributed by atoms with Crippen LogP contribution >= 0.6 is 0 Å². The number of esters is 3. The molecule has 0 spiro atoms. The first-order valence-corrected chi connectivity index (χ1v) is 28.3. The van der Waals surface area contributed by atoms with Crippen LogP contribution in [0.25, 0.3) is 0 Å². The summed E-state index contributed by atoms with van der Waals surface area (Å²) in [6.45, 7) is 45.2. The van der Waals surface area contributed by atoms with Crippen molar-refractivity contribution in [2.45, 2.75) is 253 Å². The lowest BCUT2D eigenvalue weighted by Crippen LogP contribution is -2.47. The number of carboxylic acid groups (broad SMARTS) is 1. The minimum absolute atomic E-state index is 0. The Bertz CT molecular complexity index is 1320. The lowest BCUT2D eigenvalue weighted by molar-refractivity contribution is -0.161. The van der Waals surface area contributed by atoms with Gasteiger partial charge < -0.3 is 28.9 Å². The van der Waals surface area contributed by atoms with Crippen LogP contribution in [-0.2, 0) is 43.0 Å². The van der Waals surface area contributed by atoms with Crippen LogP contribution in [0.3, 0.4) is 0 Å². The van der Waals surface area contributed by atoms with Crippen molar-refractivity contribution in [1.82, 2.24) is 0 Å². The van der Waals surface area contributed by atoms with Crippen molar-refractivity contribution in [2.75, 3.05) is 19.8 Å². The molecular weight excluding hydrogens is 865 g/mol. The van der Waals surface area contributed by atoms with Crippen LogP contribution in [0.15, 0.2) is 24.3 Å². The number of rotatable bonds is 23. The van der Waals surface area contributed by atoms with Crippen molar-refractivity contribution >= 4 is 50.8 Å². The summed E-state index contributed by atoms with van der Waals surface area (Å²) in [5.41, 5.74) is -1.53. The standard InChI is InChI=1S/C17H34O3Si.C14H26O4.C8H14O2.C7H14OSi.8CH4/c1-9-11-12-20-14(18)17(5,10-2)13-16(3,4)15(19)21(6,7)8;1-6-8-9-18-12(17)14(5,7-2)10-13(3,4)11(15)16;1-4-5-6-10-8(9)7(2)3;1-6(2)7(8)9(3,4)5;;;;;;;;/h9-13H2,1-8H3;6-10H2,1-5H3,(H,15,16);2,4-6H2,1,3H3;1H2,2-5H3;8*1H4. The molecule has 0 radical (unpaired) electrons. The highest BCUT2D eigenvalue weighted by Crippen LogP contribution is 2.40. The lowest BCUT2D eigenvalue weighted by atomic mass is 9.72. The molecule has 0 amide bonds. The zero-order chi connectivity index (χ0) is 46.9. The zero-order valence-corrected chi connectivity index (χ0v) is 42.7. The van der Waals surface area contributed by atoms with Gasteiger partial charge in [0.05, 0.1) is 36.1 Å². The highest BCUT2D eigenvalue weighted by Gasteiger charge is 2.45. The van der Waals surface area contributed by atoms with Crippen LogP contribution < -0.4 is 0 Å². The Balaban J connectivity index is -0.0000000594. The maximum Gasteiger partial charge on any atom is 0.333 e. The Morgan fingerprint density at radius 1 is 0.485 bits per heavy atom. The molecule has 2 atom stereocenters. The third-order valence-electron chi connectivity index (χ3n) is 9.70. The maximum atomic E-state index is 12.7. The summed E-state index contributed by atoms with van der Waals surface area (Å²) in [5, 5.41) is 9.75. The molecule has 0 aromatic carbocycles. The van der Waals surface area contributed by atoms with E-state index in [0.717, 1.165) is 38.5 Å². The number of allylic oxidation sites excluding steroid dienone is 1. The van der Waals surface area contributed by atoms with E-state index < -0.39 is 43.8 Å². The fourth-order valence-corrected chi connectivity index (χ4v) is 9.24. The Morgan fingerprint density at radius 3 is 0.970 bits per heavy atom. The number of ether oxygens (including phenoxy) is 3. The average Bonchev–Trinajstić information content (AvgIpc) is 3.10. The van der Waals surface area contributed by atoms with Gasteiger partial charge in [-0.3, -0.25) is 14.4 Å². The number of carbonyl (C=O) groups is 6. The molecule has 2 unspecified atom stereocenters. The van der Waals surface area contributed by atoms with Crippen molar-refractivity contribution in [2.24, 2.45) is 21.7 Å². The summed E-state index contributed by atoms with van der Waals surface area (Å²) in [6.07, 6.45) is 7.81. The van der Waals surface area contributed by atoms with Gasteiger partial charge in [-0.1, -0.05) is 180 Å². The van der Waals surface area contributed by atoms with Gasteiger partial charge in [0, 0.05) is 11.0 Å². The third kappa shape index (κ3) is 40.2. The molecule has 0 saturated heterocycles. The predicted octanol–water partition coefficient (Wildman–Crippen LogP) is 16.9. The molecular formula is C54H120O10Si2.